The lowest BCUT2D eigenvalue weighted by molar-refractivity contribution is -0.221. The van der Waals surface area contributed by atoms with Crippen LogP contribution in [0.1, 0.15) is 24.8 Å². The number of hydrogen-bond acceptors (Lipinski definition) is 9. The van der Waals surface area contributed by atoms with E-state index < -0.39 is 79.1 Å². The molecule has 1 saturated heterocycles. The largest absolute Gasteiger partial charge is 0.481 e. The molecule has 14 heteroatoms. The van der Waals surface area contributed by atoms with Crippen molar-refractivity contribution in [1.29, 1.82) is 0 Å². The van der Waals surface area contributed by atoms with Gasteiger partial charge in [0.2, 0.25) is 17.7 Å². The lowest BCUT2D eigenvalue weighted by Crippen LogP contribution is -2.60. The number of carboxylic acid groups (broad SMARTS) is 2. The van der Waals surface area contributed by atoms with Gasteiger partial charge in [-0.15, -0.1) is 0 Å². The van der Waals surface area contributed by atoms with Crippen molar-refractivity contribution in [3.63, 3.8) is 0 Å². The number of amides is 3. The second-order valence-electron chi connectivity index (χ2n) is 8.88. The van der Waals surface area contributed by atoms with Crippen molar-refractivity contribution in [3.05, 3.63) is 48.0 Å². The molecule has 0 aromatic heterocycles. The molecule has 0 bridgehead atoms. The number of aliphatic carboxylic acids is 2. The summed E-state index contributed by atoms with van der Waals surface area (Å²) in [6.07, 6.45) is -6.61. The van der Waals surface area contributed by atoms with Gasteiger partial charge in [0.25, 0.3) is 0 Å². The number of carbonyl (C=O) groups excluding carboxylic acids is 3. The van der Waals surface area contributed by atoms with Crippen LogP contribution in [0.4, 0.5) is 0 Å². The number of rotatable bonds is 14. The average molecular weight is 552 g/mol. The Morgan fingerprint density at radius 2 is 1.49 bits per heavy atom. The normalized spacial score (nSPS) is 23.5. The molecule has 0 spiro atoms. The smallest absolute Gasteiger partial charge is 0.326 e. The number of hydrogen-bond donors (Lipinski definition) is 8. The minimum atomic E-state index is -1.74. The first-order valence-electron chi connectivity index (χ1n) is 12.2. The molecule has 0 aliphatic carbocycles. The lowest BCUT2D eigenvalue weighted by Gasteiger charge is -2.40. The first-order chi connectivity index (χ1) is 18.5. The van der Waals surface area contributed by atoms with Crippen LogP contribution in [0.25, 0.3) is 0 Å². The number of ether oxygens (including phenoxy) is 1. The van der Waals surface area contributed by atoms with Crippen LogP contribution in [-0.2, 0) is 35.1 Å². The summed E-state index contributed by atoms with van der Waals surface area (Å²) in [5.41, 5.74) is 1.04. The molecule has 14 nitrogen and oxygen atoms in total. The Balaban J connectivity index is 1.83. The fourth-order valence-corrected chi connectivity index (χ4v) is 3.77. The zero-order valence-corrected chi connectivity index (χ0v) is 20.9. The zero-order chi connectivity index (χ0) is 28.9. The summed E-state index contributed by atoms with van der Waals surface area (Å²) in [6, 6.07) is 7.97. The van der Waals surface area contributed by atoms with E-state index in [0.29, 0.717) is 13.0 Å². The van der Waals surface area contributed by atoms with E-state index >= 15 is 0 Å². The van der Waals surface area contributed by atoms with Crippen molar-refractivity contribution in [2.45, 2.75) is 62.2 Å². The van der Waals surface area contributed by atoms with E-state index in [0.717, 1.165) is 17.7 Å². The number of aliphatic hydroxyl groups excluding tert-OH is 3. The molecule has 1 fully saturated rings. The Morgan fingerprint density at radius 1 is 0.872 bits per heavy atom. The summed E-state index contributed by atoms with van der Waals surface area (Å²) < 4.78 is 5.48. The lowest BCUT2D eigenvalue weighted by atomic mass is 9.93. The average Bonchev–Trinajstić information content (AvgIpc) is 2.89. The Hall–Kier alpha value is -3.85. The molecular weight excluding hydrogens is 518 g/mol. The van der Waals surface area contributed by atoms with Gasteiger partial charge < -0.3 is 46.2 Å². The summed E-state index contributed by atoms with van der Waals surface area (Å²) in [6.45, 7) is 0.0110. The highest BCUT2D eigenvalue weighted by Gasteiger charge is 2.44. The highest BCUT2D eigenvalue weighted by Crippen LogP contribution is 2.23. The molecule has 0 radical (unpaired) electrons. The third-order valence-corrected chi connectivity index (χ3v) is 5.90. The monoisotopic (exact) mass is 551 g/mol. The van der Waals surface area contributed by atoms with E-state index in [4.69, 9.17) is 14.9 Å². The predicted molar refractivity (Wildman–Crippen MR) is 133 cm³/mol. The topological polar surface area (TPSA) is 232 Å². The van der Waals surface area contributed by atoms with Crippen LogP contribution in [-0.4, -0.2) is 105 Å². The van der Waals surface area contributed by atoms with E-state index in [9.17, 15) is 39.3 Å². The van der Waals surface area contributed by atoms with Crippen molar-refractivity contribution in [3.8, 4) is 0 Å². The number of carbonyl (C=O) groups is 5. The van der Waals surface area contributed by atoms with E-state index in [1.807, 2.05) is 30.3 Å². The van der Waals surface area contributed by atoms with E-state index in [1.165, 1.54) is 0 Å². The van der Waals surface area contributed by atoms with Crippen LogP contribution >= 0.6 is 0 Å². The van der Waals surface area contributed by atoms with Crippen LogP contribution in [0.15, 0.2) is 42.5 Å². The third kappa shape index (κ3) is 10.8. The molecular formula is C25H33N3O11. The van der Waals surface area contributed by atoms with Crippen molar-refractivity contribution >= 4 is 29.7 Å². The van der Waals surface area contributed by atoms with E-state index in [-0.39, 0.29) is 13.0 Å². The standard InChI is InChI=1S/C25H33N3O11/c29-18(26-11-10-14-4-2-1-3-5-14)7-8-19(30)27-13-17-23(35)24(36)22(34)16(39-17)12-20(31)28-15(25(37)38)6-9-21(32)33/h1-5,7-8,15-17,22-24,34-36H,6,9-13H2,(H,26,29)(H,27,30)(H,28,31)(H,32,33)(H,37,38)/b8-7-/t15-,16?,17?,22?,23?,24?/m1/s1. The third-order valence-electron chi connectivity index (χ3n) is 5.90. The molecule has 8 N–H and O–H groups in total. The molecule has 3 amide bonds. The first-order valence-corrected chi connectivity index (χ1v) is 12.2. The van der Waals surface area contributed by atoms with Gasteiger partial charge in [0.05, 0.1) is 12.5 Å². The summed E-state index contributed by atoms with van der Waals surface area (Å²) in [4.78, 5) is 58.3. The van der Waals surface area contributed by atoms with Gasteiger partial charge in [-0.3, -0.25) is 19.2 Å². The quantitative estimate of drug-likeness (QED) is 0.114. The summed E-state index contributed by atoms with van der Waals surface area (Å²) >= 11 is 0. The van der Waals surface area contributed by atoms with Gasteiger partial charge in [-0.25, -0.2) is 4.79 Å². The number of nitrogens with one attached hydrogen (secondary N) is 3. The molecule has 39 heavy (non-hydrogen) atoms. The Labute approximate surface area is 223 Å². The Morgan fingerprint density at radius 3 is 2.10 bits per heavy atom. The van der Waals surface area contributed by atoms with Crippen molar-refractivity contribution < 1.29 is 54.2 Å². The molecule has 1 aliphatic rings. The van der Waals surface area contributed by atoms with E-state index in [2.05, 4.69) is 16.0 Å². The highest BCUT2D eigenvalue weighted by molar-refractivity contribution is 5.96. The number of benzene rings is 1. The maximum absolute atomic E-state index is 12.3. The van der Waals surface area contributed by atoms with Gasteiger partial charge in [0.15, 0.2) is 0 Å². The van der Waals surface area contributed by atoms with E-state index in [1.54, 1.807) is 0 Å². The van der Waals surface area contributed by atoms with Crippen molar-refractivity contribution in [2.75, 3.05) is 13.1 Å². The van der Waals surface area contributed by atoms with Gasteiger partial charge >= 0.3 is 11.9 Å². The number of aliphatic hydroxyl groups is 3. The summed E-state index contributed by atoms with van der Waals surface area (Å²) in [5.74, 6) is -4.81. The first kappa shape index (κ1) is 31.4. The van der Waals surface area contributed by atoms with Crippen molar-refractivity contribution in [2.24, 2.45) is 0 Å². The second kappa shape index (κ2) is 15.5. The predicted octanol–water partition coefficient (Wildman–Crippen LogP) is -2.31. The molecule has 1 aromatic rings. The van der Waals surface area contributed by atoms with Gasteiger partial charge in [-0.1, -0.05) is 30.3 Å². The SMILES string of the molecule is O=C(O)CC[C@@H](NC(=O)CC1OC(CNC(=O)/C=C\C(=O)NCCc2ccccc2)C(O)C(O)C1O)C(=O)O. The maximum Gasteiger partial charge on any atom is 0.326 e. The van der Waals surface area contributed by atoms with Crippen LogP contribution in [0, 0.1) is 0 Å². The van der Waals surface area contributed by atoms with Gasteiger partial charge in [0.1, 0.15) is 30.5 Å². The molecule has 0 saturated carbocycles. The fraction of sp³-hybridized carbons (Fsp3) is 0.480. The summed E-state index contributed by atoms with van der Waals surface area (Å²) in [5, 5.41) is 55.6. The Bertz CT molecular complexity index is 1030. The van der Waals surface area contributed by atoms with Gasteiger partial charge in [-0.2, -0.15) is 0 Å². The molecule has 1 heterocycles. The molecule has 1 aliphatic heterocycles. The number of carboxylic acids is 2. The molecule has 6 atom stereocenters. The van der Waals surface area contributed by atoms with Gasteiger partial charge in [0, 0.05) is 31.7 Å². The second-order valence-corrected chi connectivity index (χ2v) is 8.88. The van der Waals surface area contributed by atoms with Crippen LogP contribution < -0.4 is 16.0 Å². The van der Waals surface area contributed by atoms with Gasteiger partial charge in [-0.05, 0) is 18.4 Å². The molecule has 2 rings (SSSR count). The zero-order valence-electron chi connectivity index (χ0n) is 20.9. The Kier molecular flexibility index (Phi) is 12.5. The van der Waals surface area contributed by atoms with Crippen LogP contribution in [0.2, 0.25) is 0 Å². The van der Waals surface area contributed by atoms with Crippen LogP contribution in [0.3, 0.4) is 0 Å². The minimum Gasteiger partial charge on any atom is -0.481 e. The highest BCUT2D eigenvalue weighted by atomic mass is 16.5. The fourth-order valence-electron chi connectivity index (χ4n) is 3.77. The van der Waals surface area contributed by atoms with Crippen molar-refractivity contribution in [1.82, 2.24) is 16.0 Å². The summed E-state index contributed by atoms with van der Waals surface area (Å²) in [7, 11) is 0. The molecule has 1 aromatic carbocycles. The minimum absolute atomic E-state index is 0.349. The van der Waals surface area contributed by atoms with Crippen LogP contribution in [0.5, 0.6) is 0 Å². The molecule has 5 unspecified atom stereocenters. The maximum atomic E-state index is 12.3. The molecule has 214 valence electrons.